The minimum Gasteiger partial charge on any atom is -0.465 e. The summed E-state index contributed by atoms with van der Waals surface area (Å²) < 4.78 is 4.73. The molecule has 3 aromatic heterocycles. The van der Waals surface area contributed by atoms with Gasteiger partial charge in [-0.1, -0.05) is 11.8 Å². The number of nitrogens with one attached hydrogen (secondary N) is 2. The fraction of sp³-hybridized carbons (Fsp3) is 0.300. The second-order valence-corrected chi connectivity index (χ2v) is 8.72. The van der Waals surface area contributed by atoms with Gasteiger partial charge in [-0.05, 0) is 31.5 Å². The van der Waals surface area contributed by atoms with Gasteiger partial charge in [0.1, 0.15) is 0 Å². The Balaban J connectivity index is 1.73. The lowest BCUT2D eigenvalue weighted by Crippen LogP contribution is -2.22. The summed E-state index contributed by atoms with van der Waals surface area (Å²) in [5.41, 5.74) is 0.208. The molecule has 0 bridgehead atoms. The van der Waals surface area contributed by atoms with Crippen LogP contribution in [0.15, 0.2) is 28.2 Å². The van der Waals surface area contributed by atoms with E-state index in [1.807, 2.05) is 6.07 Å². The van der Waals surface area contributed by atoms with Gasteiger partial charge in [0.15, 0.2) is 16.6 Å². The molecule has 0 radical (unpaired) electrons. The van der Waals surface area contributed by atoms with Crippen molar-refractivity contribution in [1.82, 2.24) is 20.3 Å². The number of carbonyl (C=O) groups excluding carboxylic acids is 3. The number of carbonyl (C=O) groups is 3. The molecule has 3 rings (SSSR count). The number of nitrogens with zero attached hydrogens (tertiary/aromatic N) is 2. The topological polar surface area (TPSA) is 131 Å². The van der Waals surface area contributed by atoms with Crippen molar-refractivity contribution in [3.05, 3.63) is 49.6 Å². The van der Waals surface area contributed by atoms with Crippen molar-refractivity contribution in [2.45, 2.75) is 25.4 Å². The molecule has 3 heterocycles. The largest absolute Gasteiger partial charge is 0.465 e. The maximum Gasteiger partial charge on any atom is 0.338 e. The molecule has 0 saturated carbocycles. The van der Waals surface area contributed by atoms with E-state index in [2.05, 4.69) is 20.3 Å². The number of hydrogen-bond donors (Lipinski definition) is 2. The fourth-order valence-electron chi connectivity index (χ4n) is 2.81. The second-order valence-electron chi connectivity index (χ2n) is 6.58. The molecular weight excluding hydrogens is 440 g/mol. The van der Waals surface area contributed by atoms with E-state index in [1.54, 1.807) is 13.0 Å². The number of ketones is 1. The van der Waals surface area contributed by atoms with Crippen LogP contribution in [0.25, 0.3) is 11.0 Å². The van der Waals surface area contributed by atoms with Gasteiger partial charge in [-0.25, -0.2) is 14.8 Å². The van der Waals surface area contributed by atoms with E-state index < -0.39 is 11.5 Å². The van der Waals surface area contributed by atoms with Crippen LogP contribution in [0.5, 0.6) is 0 Å². The van der Waals surface area contributed by atoms with E-state index >= 15 is 0 Å². The van der Waals surface area contributed by atoms with Crippen molar-refractivity contribution >= 4 is 51.8 Å². The van der Waals surface area contributed by atoms with Crippen LogP contribution in [0.4, 0.5) is 0 Å². The summed E-state index contributed by atoms with van der Waals surface area (Å²) in [6.45, 7) is 3.66. The van der Waals surface area contributed by atoms with E-state index in [0.717, 1.165) is 16.6 Å². The number of thioether (sulfide) groups is 1. The minimum atomic E-state index is -0.648. The summed E-state index contributed by atoms with van der Waals surface area (Å²) in [5, 5.41) is 3.01. The number of methoxy groups -OCH3 is 1. The molecule has 162 valence electrons. The maximum atomic E-state index is 12.5. The molecule has 1 amide bonds. The Kier molecular flexibility index (Phi) is 7.18. The predicted octanol–water partition coefficient (Wildman–Crippen LogP) is 2.13. The maximum absolute atomic E-state index is 12.5. The van der Waals surface area contributed by atoms with Gasteiger partial charge in [0.25, 0.3) is 5.56 Å². The summed E-state index contributed by atoms with van der Waals surface area (Å²) in [6.07, 6.45) is 0.651. The molecule has 2 N–H and O–H groups in total. The van der Waals surface area contributed by atoms with E-state index in [0.29, 0.717) is 23.5 Å². The molecule has 11 heteroatoms. The van der Waals surface area contributed by atoms with Crippen LogP contribution in [0, 0.1) is 6.92 Å². The van der Waals surface area contributed by atoms with Crippen LogP contribution in [-0.2, 0) is 16.0 Å². The van der Waals surface area contributed by atoms with E-state index in [-0.39, 0.29) is 39.2 Å². The van der Waals surface area contributed by atoms with Gasteiger partial charge >= 0.3 is 5.97 Å². The summed E-state index contributed by atoms with van der Waals surface area (Å²) >= 11 is 2.46. The molecule has 0 unspecified atom stereocenters. The molecule has 0 aliphatic carbocycles. The van der Waals surface area contributed by atoms with Crippen molar-refractivity contribution in [2.75, 3.05) is 19.4 Å². The molecule has 0 aromatic carbocycles. The van der Waals surface area contributed by atoms with Gasteiger partial charge in [0.05, 0.1) is 28.7 Å². The van der Waals surface area contributed by atoms with Crippen molar-refractivity contribution in [2.24, 2.45) is 0 Å². The Morgan fingerprint density at radius 2 is 2.03 bits per heavy atom. The van der Waals surface area contributed by atoms with Gasteiger partial charge in [0, 0.05) is 24.0 Å². The summed E-state index contributed by atoms with van der Waals surface area (Å²) in [7, 11) is 1.23. The standard InChI is InChI=1S/C20H20N4O5S2/c1-10-8-13(19(28)29-3)16-17(22-10)23-20(24-18(16)27)30-9-14(26)15-5-4-12(31-15)6-7-21-11(2)25/h4-5,8H,6-7,9H2,1-3H3,(H,21,25)(H,22,23,24,27). The third-order valence-corrected chi connectivity index (χ3v) is 6.27. The second kappa shape index (κ2) is 9.84. The van der Waals surface area contributed by atoms with Crippen molar-refractivity contribution in [3.63, 3.8) is 0 Å². The van der Waals surface area contributed by atoms with Crippen LogP contribution in [0.3, 0.4) is 0 Å². The number of esters is 1. The SMILES string of the molecule is COC(=O)c1cc(C)nc2nc(SCC(=O)c3ccc(CCNC(C)=O)s3)[nH]c(=O)c12. The highest BCUT2D eigenvalue weighted by Gasteiger charge is 2.18. The van der Waals surface area contributed by atoms with Gasteiger partial charge in [-0.2, -0.15) is 0 Å². The first-order valence-electron chi connectivity index (χ1n) is 9.27. The summed E-state index contributed by atoms with van der Waals surface area (Å²) in [4.78, 5) is 60.7. The third-order valence-electron chi connectivity index (χ3n) is 4.21. The lowest BCUT2D eigenvalue weighted by atomic mass is 10.1. The molecule has 0 aliphatic heterocycles. The first-order chi connectivity index (χ1) is 14.8. The Morgan fingerprint density at radius 1 is 1.26 bits per heavy atom. The lowest BCUT2D eigenvalue weighted by molar-refractivity contribution is -0.118. The number of pyridine rings is 1. The fourth-order valence-corrected chi connectivity index (χ4v) is 4.59. The summed E-state index contributed by atoms with van der Waals surface area (Å²) in [5.74, 6) is -0.763. The quantitative estimate of drug-likeness (QED) is 0.226. The Bertz CT molecular complexity index is 1220. The van der Waals surface area contributed by atoms with Crippen LogP contribution >= 0.6 is 23.1 Å². The molecule has 0 fully saturated rings. The molecule has 3 aromatic rings. The van der Waals surface area contributed by atoms with Gasteiger partial charge in [-0.15, -0.1) is 11.3 Å². The lowest BCUT2D eigenvalue weighted by Gasteiger charge is -2.06. The Morgan fingerprint density at radius 3 is 2.74 bits per heavy atom. The molecule has 0 spiro atoms. The number of hydrogen-bond acceptors (Lipinski definition) is 9. The molecule has 9 nitrogen and oxygen atoms in total. The van der Waals surface area contributed by atoms with Crippen LogP contribution < -0.4 is 10.9 Å². The number of H-pyrrole nitrogens is 1. The van der Waals surface area contributed by atoms with Gasteiger partial charge in [0.2, 0.25) is 5.91 Å². The first kappa shape index (κ1) is 22.6. The average Bonchev–Trinajstić information content (AvgIpc) is 3.19. The van der Waals surface area contributed by atoms with Crippen molar-refractivity contribution in [3.8, 4) is 0 Å². The molecular formula is C20H20N4O5S2. The third kappa shape index (κ3) is 5.56. The Labute approximate surface area is 185 Å². The highest BCUT2D eigenvalue weighted by molar-refractivity contribution is 7.99. The van der Waals surface area contributed by atoms with Crippen molar-refractivity contribution < 1.29 is 19.1 Å². The van der Waals surface area contributed by atoms with E-state index in [4.69, 9.17) is 4.74 Å². The number of rotatable bonds is 8. The zero-order valence-electron chi connectivity index (χ0n) is 17.1. The zero-order valence-corrected chi connectivity index (χ0v) is 18.7. The van der Waals surface area contributed by atoms with E-state index in [1.165, 1.54) is 31.4 Å². The smallest absolute Gasteiger partial charge is 0.338 e. The van der Waals surface area contributed by atoms with Gasteiger partial charge in [-0.3, -0.25) is 14.4 Å². The monoisotopic (exact) mass is 460 g/mol. The number of aromatic amines is 1. The molecule has 0 atom stereocenters. The highest BCUT2D eigenvalue weighted by atomic mass is 32.2. The number of ether oxygens (including phenoxy) is 1. The van der Waals surface area contributed by atoms with Crippen LogP contribution in [0.1, 0.15) is 37.5 Å². The number of fused-ring (bicyclic) bond motifs is 1. The van der Waals surface area contributed by atoms with Gasteiger partial charge < -0.3 is 15.0 Å². The molecule has 0 aliphatic rings. The predicted molar refractivity (Wildman–Crippen MR) is 118 cm³/mol. The Hall–Kier alpha value is -3.05. The first-order valence-corrected chi connectivity index (χ1v) is 11.1. The normalized spacial score (nSPS) is 10.8. The highest BCUT2D eigenvalue weighted by Crippen LogP contribution is 2.22. The van der Waals surface area contributed by atoms with Crippen LogP contribution in [-0.4, -0.2) is 52.0 Å². The minimum absolute atomic E-state index is 0.0511. The number of aryl methyl sites for hydroxylation is 1. The van der Waals surface area contributed by atoms with E-state index in [9.17, 15) is 19.2 Å². The molecule has 0 saturated heterocycles. The van der Waals surface area contributed by atoms with Crippen molar-refractivity contribution in [1.29, 1.82) is 0 Å². The average molecular weight is 461 g/mol. The zero-order chi connectivity index (χ0) is 22.5. The number of Topliss-reactive ketones (excluding diaryl/α,β-unsaturated/α-hetero) is 1. The number of thiophene rings is 1. The summed E-state index contributed by atoms with van der Waals surface area (Å²) in [6, 6.07) is 5.09. The number of aromatic nitrogens is 3. The van der Waals surface area contributed by atoms with Crippen LogP contribution in [0.2, 0.25) is 0 Å². The number of amides is 1. The molecule has 31 heavy (non-hydrogen) atoms.